The Morgan fingerprint density at radius 3 is 3.00 bits per heavy atom. The minimum absolute atomic E-state index is 0.764. The SMILES string of the molecule is Cc1cc(NCC2CCCS2)nc(C)n1. The highest BCUT2D eigenvalue weighted by molar-refractivity contribution is 8.00. The zero-order valence-electron chi connectivity index (χ0n) is 9.29. The van der Waals surface area contributed by atoms with Crippen molar-refractivity contribution in [3.05, 3.63) is 17.6 Å². The molecule has 0 amide bonds. The summed E-state index contributed by atoms with van der Waals surface area (Å²) in [5.74, 6) is 3.12. The second-order valence-electron chi connectivity index (χ2n) is 3.96. The molecule has 1 atom stereocenters. The van der Waals surface area contributed by atoms with E-state index in [0.717, 1.165) is 29.1 Å². The summed E-state index contributed by atoms with van der Waals surface area (Å²) in [6, 6.07) is 2.01. The van der Waals surface area contributed by atoms with E-state index in [9.17, 15) is 0 Å². The van der Waals surface area contributed by atoms with Gasteiger partial charge in [-0.1, -0.05) is 0 Å². The number of aryl methyl sites for hydroxylation is 2. The Morgan fingerprint density at radius 2 is 2.33 bits per heavy atom. The maximum absolute atomic E-state index is 4.36. The number of hydrogen-bond acceptors (Lipinski definition) is 4. The molecule has 0 aromatic carbocycles. The van der Waals surface area contributed by atoms with Crippen molar-refractivity contribution < 1.29 is 0 Å². The van der Waals surface area contributed by atoms with Crippen LogP contribution in [-0.4, -0.2) is 27.5 Å². The Hall–Kier alpha value is -0.770. The Morgan fingerprint density at radius 1 is 1.47 bits per heavy atom. The zero-order valence-corrected chi connectivity index (χ0v) is 10.1. The summed E-state index contributed by atoms with van der Waals surface area (Å²) in [6.07, 6.45) is 2.69. The molecule has 0 spiro atoms. The van der Waals surface area contributed by atoms with Gasteiger partial charge in [-0.2, -0.15) is 11.8 Å². The number of thioether (sulfide) groups is 1. The first-order chi connectivity index (χ1) is 7.24. The van der Waals surface area contributed by atoms with Crippen LogP contribution in [0.4, 0.5) is 5.82 Å². The first kappa shape index (κ1) is 10.7. The number of rotatable bonds is 3. The molecule has 1 aromatic heterocycles. The molecule has 3 nitrogen and oxygen atoms in total. The molecule has 82 valence electrons. The molecule has 4 heteroatoms. The van der Waals surface area contributed by atoms with Gasteiger partial charge in [-0.25, -0.2) is 9.97 Å². The topological polar surface area (TPSA) is 37.8 Å². The van der Waals surface area contributed by atoms with Gasteiger partial charge >= 0.3 is 0 Å². The van der Waals surface area contributed by atoms with Gasteiger partial charge in [-0.3, -0.25) is 0 Å². The summed E-state index contributed by atoms with van der Waals surface area (Å²) in [7, 11) is 0. The van der Waals surface area contributed by atoms with E-state index in [1.807, 2.05) is 19.9 Å². The van der Waals surface area contributed by atoms with Crippen LogP contribution in [0.1, 0.15) is 24.4 Å². The lowest BCUT2D eigenvalue weighted by atomic mass is 10.2. The minimum Gasteiger partial charge on any atom is -0.369 e. The summed E-state index contributed by atoms with van der Waals surface area (Å²) in [6.45, 7) is 4.97. The van der Waals surface area contributed by atoms with E-state index in [0.29, 0.717) is 0 Å². The molecule has 2 rings (SSSR count). The molecule has 0 aliphatic carbocycles. The molecular weight excluding hydrogens is 206 g/mol. The summed E-state index contributed by atoms with van der Waals surface area (Å²) >= 11 is 2.06. The lowest BCUT2D eigenvalue weighted by molar-refractivity contribution is 0.802. The molecule has 1 N–H and O–H groups in total. The molecule has 0 radical (unpaired) electrons. The number of nitrogens with zero attached hydrogens (tertiary/aromatic N) is 2. The van der Waals surface area contributed by atoms with Gasteiger partial charge in [-0.15, -0.1) is 0 Å². The van der Waals surface area contributed by atoms with Crippen molar-refractivity contribution in [3.63, 3.8) is 0 Å². The van der Waals surface area contributed by atoms with Crippen LogP contribution in [0.2, 0.25) is 0 Å². The van der Waals surface area contributed by atoms with Crippen LogP contribution in [0.5, 0.6) is 0 Å². The Bertz CT molecular complexity index is 314. The first-order valence-electron chi connectivity index (χ1n) is 5.42. The molecule has 1 fully saturated rings. The predicted molar refractivity (Wildman–Crippen MR) is 65.5 cm³/mol. The molecule has 0 saturated carbocycles. The fourth-order valence-electron chi connectivity index (χ4n) is 1.83. The van der Waals surface area contributed by atoms with Crippen LogP contribution < -0.4 is 5.32 Å². The molecule has 1 aliphatic rings. The third-order valence-electron chi connectivity index (χ3n) is 2.50. The van der Waals surface area contributed by atoms with Crippen molar-refractivity contribution in [2.75, 3.05) is 17.6 Å². The van der Waals surface area contributed by atoms with Crippen LogP contribution in [0.15, 0.2) is 6.07 Å². The lowest BCUT2D eigenvalue weighted by Gasteiger charge is -2.11. The van der Waals surface area contributed by atoms with Gasteiger partial charge in [0.1, 0.15) is 11.6 Å². The highest BCUT2D eigenvalue weighted by atomic mass is 32.2. The normalized spacial score (nSPS) is 20.5. The smallest absolute Gasteiger partial charge is 0.129 e. The van der Waals surface area contributed by atoms with E-state index in [2.05, 4.69) is 27.0 Å². The van der Waals surface area contributed by atoms with E-state index in [1.165, 1.54) is 18.6 Å². The predicted octanol–water partition coefficient (Wildman–Crippen LogP) is 2.40. The van der Waals surface area contributed by atoms with Crippen LogP contribution in [0, 0.1) is 13.8 Å². The summed E-state index contributed by atoms with van der Waals surface area (Å²) in [4.78, 5) is 8.62. The van der Waals surface area contributed by atoms with Crippen molar-refractivity contribution >= 4 is 17.6 Å². The van der Waals surface area contributed by atoms with E-state index >= 15 is 0 Å². The molecule has 1 aliphatic heterocycles. The first-order valence-corrected chi connectivity index (χ1v) is 6.46. The van der Waals surface area contributed by atoms with Crippen molar-refractivity contribution in [2.45, 2.75) is 31.9 Å². The van der Waals surface area contributed by atoms with Gasteiger partial charge < -0.3 is 5.32 Å². The van der Waals surface area contributed by atoms with E-state index in [1.54, 1.807) is 0 Å². The van der Waals surface area contributed by atoms with Gasteiger partial charge in [0.2, 0.25) is 0 Å². The van der Waals surface area contributed by atoms with Crippen molar-refractivity contribution in [1.29, 1.82) is 0 Å². The second kappa shape index (κ2) is 4.84. The van der Waals surface area contributed by atoms with Gasteiger partial charge in [-0.05, 0) is 32.4 Å². The van der Waals surface area contributed by atoms with Crippen LogP contribution in [-0.2, 0) is 0 Å². The van der Waals surface area contributed by atoms with Crippen LogP contribution in [0.25, 0.3) is 0 Å². The number of hydrogen-bond donors (Lipinski definition) is 1. The molecule has 15 heavy (non-hydrogen) atoms. The molecule has 1 aromatic rings. The van der Waals surface area contributed by atoms with Gasteiger partial charge in [0.25, 0.3) is 0 Å². The van der Waals surface area contributed by atoms with Crippen molar-refractivity contribution in [3.8, 4) is 0 Å². The highest BCUT2D eigenvalue weighted by Gasteiger charge is 2.15. The highest BCUT2D eigenvalue weighted by Crippen LogP contribution is 2.26. The Kier molecular flexibility index (Phi) is 3.46. The van der Waals surface area contributed by atoms with Crippen LogP contribution >= 0.6 is 11.8 Å². The third-order valence-corrected chi connectivity index (χ3v) is 3.90. The second-order valence-corrected chi connectivity index (χ2v) is 5.37. The summed E-state index contributed by atoms with van der Waals surface area (Å²) in [5.41, 5.74) is 1.03. The molecular formula is C11H17N3S. The fourth-order valence-corrected chi connectivity index (χ4v) is 3.03. The van der Waals surface area contributed by atoms with E-state index in [4.69, 9.17) is 0 Å². The number of anilines is 1. The quantitative estimate of drug-likeness (QED) is 0.854. The van der Waals surface area contributed by atoms with Crippen molar-refractivity contribution in [2.24, 2.45) is 0 Å². The van der Waals surface area contributed by atoms with Gasteiger partial charge in [0, 0.05) is 23.6 Å². The lowest BCUT2D eigenvalue weighted by Crippen LogP contribution is -2.15. The summed E-state index contributed by atoms with van der Waals surface area (Å²) in [5, 5.41) is 4.16. The molecule has 1 saturated heterocycles. The minimum atomic E-state index is 0.764. The third kappa shape index (κ3) is 3.09. The van der Waals surface area contributed by atoms with E-state index in [-0.39, 0.29) is 0 Å². The Balaban J connectivity index is 1.92. The summed E-state index contributed by atoms with van der Waals surface area (Å²) < 4.78 is 0. The zero-order chi connectivity index (χ0) is 10.7. The standard InChI is InChI=1S/C11H17N3S/c1-8-6-11(14-9(2)13-8)12-7-10-4-3-5-15-10/h6,10H,3-5,7H2,1-2H3,(H,12,13,14). The van der Waals surface area contributed by atoms with E-state index < -0.39 is 0 Å². The average molecular weight is 223 g/mol. The fraction of sp³-hybridized carbons (Fsp3) is 0.636. The maximum atomic E-state index is 4.36. The molecule has 2 heterocycles. The van der Waals surface area contributed by atoms with Gasteiger partial charge in [0.05, 0.1) is 0 Å². The average Bonchev–Trinajstić information content (AvgIpc) is 2.65. The number of nitrogens with one attached hydrogen (secondary N) is 1. The molecule has 1 unspecified atom stereocenters. The molecule has 0 bridgehead atoms. The maximum Gasteiger partial charge on any atom is 0.129 e. The van der Waals surface area contributed by atoms with Gasteiger partial charge in [0.15, 0.2) is 0 Å². The van der Waals surface area contributed by atoms with Crippen molar-refractivity contribution in [1.82, 2.24) is 9.97 Å². The monoisotopic (exact) mass is 223 g/mol. The largest absolute Gasteiger partial charge is 0.369 e. The van der Waals surface area contributed by atoms with Crippen LogP contribution in [0.3, 0.4) is 0 Å². The number of aromatic nitrogens is 2. The Labute approximate surface area is 95.1 Å².